The molecule has 2 aromatic carbocycles. The second kappa shape index (κ2) is 11.3. The first-order valence-electron chi connectivity index (χ1n) is 10.5. The Kier molecular flexibility index (Phi) is 8.46. The van der Waals surface area contributed by atoms with Crippen molar-refractivity contribution in [2.75, 3.05) is 26.6 Å². The van der Waals surface area contributed by atoms with Crippen LogP contribution >= 0.6 is 11.3 Å². The molecule has 1 heterocycles. The number of hydrogen-bond donors (Lipinski definition) is 0. The van der Waals surface area contributed by atoms with E-state index >= 15 is 0 Å². The monoisotopic (exact) mass is 506 g/mol. The van der Waals surface area contributed by atoms with Crippen LogP contribution < -0.4 is 14.3 Å². The zero-order chi connectivity index (χ0) is 24.7. The van der Waals surface area contributed by atoms with Gasteiger partial charge in [0, 0.05) is 18.6 Å². The number of thiazole rings is 1. The van der Waals surface area contributed by atoms with Crippen molar-refractivity contribution >= 4 is 43.3 Å². The number of aromatic nitrogens is 1. The van der Waals surface area contributed by atoms with Crippen molar-refractivity contribution in [3.05, 3.63) is 52.8 Å². The van der Waals surface area contributed by atoms with Crippen molar-refractivity contribution in [1.82, 2.24) is 4.57 Å². The molecule has 0 aliphatic rings. The molecule has 0 fully saturated rings. The van der Waals surface area contributed by atoms with Crippen LogP contribution in [0.2, 0.25) is 0 Å². The molecule has 3 rings (SSSR count). The Hall–Kier alpha value is -3.18. The van der Waals surface area contributed by atoms with E-state index in [4.69, 9.17) is 14.2 Å². The number of hydrogen-bond acceptors (Lipinski definition) is 8. The molecule has 0 aliphatic carbocycles. The number of amides is 1. The molecule has 0 saturated heterocycles. The van der Waals surface area contributed by atoms with Crippen molar-refractivity contribution in [3.63, 3.8) is 0 Å². The average molecular weight is 507 g/mol. The molecular formula is C23H26N2O7S2. The lowest BCUT2D eigenvalue weighted by Crippen LogP contribution is -2.23. The van der Waals surface area contributed by atoms with Crippen LogP contribution in [-0.4, -0.2) is 51.4 Å². The largest absolute Gasteiger partial charge is 0.493 e. The first kappa shape index (κ1) is 25.4. The minimum atomic E-state index is -3.49. The van der Waals surface area contributed by atoms with Gasteiger partial charge in [0.1, 0.15) is 6.54 Å². The molecule has 1 aromatic heterocycles. The third kappa shape index (κ3) is 6.45. The maximum Gasteiger partial charge on any atom is 0.326 e. The van der Waals surface area contributed by atoms with Gasteiger partial charge in [0.2, 0.25) is 5.91 Å². The molecular weight excluding hydrogens is 480 g/mol. The van der Waals surface area contributed by atoms with Crippen LogP contribution in [0.4, 0.5) is 0 Å². The number of rotatable bonds is 10. The molecule has 0 atom stereocenters. The quantitative estimate of drug-likeness (QED) is 0.389. The van der Waals surface area contributed by atoms with Gasteiger partial charge in [-0.2, -0.15) is 4.99 Å². The molecule has 0 radical (unpaired) electrons. The second-order valence-electron chi connectivity index (χ2n) is 7.28. The zero-order valence-electron chi connectivity index (χ0n) is 19.1. The van der Waals surface area contributed by atoms with Gasteiger partial charge in [0.15, 0.2) is 26.1 Å². The van der Waals surface area contributed by atoms with Crippen molar-refractivity contribution in [2.24, 2.45) is 4.99 Å². The first-order valence-corrected chi connectivity index (χ1v) is 13.1. The smallest absolute Gasteiger partial charge is 0.326 e. The van der Waals surface area contributed by atoms with E-state index in [0.29, 0.717) is 27.3 Å². The number of carbonyl (C=O) groups is 2. The van der Waals surface area contributed by atoms with Gasteiger partial charge in [-0.05, 0) is 12.5 Å². The average Bonchev–Trinajstić information content (AvgIpc) is 3.12. The van der Waals surface area contributed by atoms with Crippen LogP contribution in [0.3, 0.4) is 0 Å². The highest BCUT2D eigenvalue weighted by molar-refractivity contribution is 7.90. The van der Waals surface area contributed by atoms with Gasteiger partial charge in [0.25, 0.3) is 0 Å². The number of sulfone groups is 1. The molecule has 0 bridgehead atoms. The molecule has 182 valence electrons. The van der Waals surface area contributed by atoms with Gasteiger partial charge >= 0.3 is 5.97 Å². The fourth-order valence-corrected chi connectivity index (χ4v) is 5.66. The number of benzene rings is 2. The van der Waals surface area contributed by atoms with Gasteiger partial charge < -0.3 is 18.8 Å². The Morgan fingerprint density at radius 3 is 2.38 bits per heavy atom. The molecule has 0 unspecified atom stereocenters. The van der Waals surface area contributed by atoms with E-state index in [1.54, 1.807) is 54.0 Å². The van der Waals surface area contributed by atoms with Crippen LogP contribution in [0, 0.1) is 0 Å². The number of methoxy groups -OCH3 is 2. The summed E-state index contributed by atoms with van der Waals surface area (Å²) in [5.74, 6) is -0.614. The van der Waals surface area contributed by atoms with Gasteiger partial charge in [0.05, 0.1) is 42.5 Å². The normalized spacial score (nSPS) is 12.0. The molecule has 0 N–H and O–H groups in total. The summed E-state index contributed by atoms with van der Waals surface area (Å²) in [6, 6.07) is 12.2. The summed E-state index contributed by atoms with van der Waals surface area (Å²) in [4.78, 5) is 29.2. The van der Waals surface area contributed by atoms with Crippen molar-refractivity contribution in [1.29, 1.82) is 0 Å². The lowest BCUT2D eigenvalue weighted by atomic mass is 10.2. The number of fused-ring (bicyclic) bond motifs is 1. The Morgan fingerprint density at radius 1 is 1.06 bits per heavy atom. The van der Waals surface area contributed by atoms with Crippen LogP contribution in [0.15, 0.2) is 47.5 Å². The topological polar surface area (TPSA) is 113 Å². The third-order valence-electron chi connectivity index (χ3n) is 4.86. The molecule has 0 saturated carbocycles. The molecule has 34 heavy (non-hydrogen) atoms. The summed E-state index contributed by atoms with van der Waals surface area (Å²) in [6.07, 6.45) is -0.268. The minimum Gasteiger partial charge on any atom is -0.493 e. The number of esters is 1. The summed E-state index contributed by atoms with van der Waals surface area (Å²) in [5, 5.41) is 0. The van der Waals surface area contributed by atoms with Gasteiger partial charge in [-0.25, -0.2) is 8.42 Å². The fourth-order valence-electron chi connectivity index (χ4n) is 3.28. The predicted molar refractivity (Wildman–Crippen MR) is 129 cm³/mol. The summed E-state index contributed by atoms with van der Waals surface area (Å²) < 4.78 is 42.9. The maximum atomic E-state index is 12.6. The van der Waals surface area contributed by atoms with Gasteiger partial charge in [-0.1, -0.05) is 41.7 Å². The van der Waals surface area contributed by atoms with Crippen LogP contribution in [0.5, 0.6) is 11.5 Å². The van der Waals surface area contributed by atoms with Crippen LogP contribution in [0.1, 0.15) is 18.9 Å². The summed E-state index contributed by atoms with van der Waals surface area (Å²) >= 11 is 1.18. The van der Waals surface area contributed by atoms with E-state index < -0.39 is 21.7 Å². The van der Waals surface area contributed by atoms with E-state index in [1.807, 2.05) is 0 Å². The highest BCUT2D eigenvalue weighted by Gasteiger charge is 2.18. The lowest BCUT2D eigenvalue weighted by Gasteiger charge is -2.09. The SMILES string of the molecule is CCOC(=O)Cn1c(=NC(=O)CCS(=O)(=O)Cc2ccccc2)sc2cc(OC)c(OC)cc21. The van der Waals surface area contributed by atoms with E-state index in [1.165, 1.54) is 25.6 Å². The molecule has 3 aromatic rings. The number of carbonyl (C=O) groups excluding carboxylic acids is 2. The van der Waals surface area contributed by atoms with Crippen molar-refractivity contribution < 1.29 is 32.2 Å². The first-order chi connectivity index (χ1) is 16.3. The Bertz CT molecular complexity index is 1340. The predicted octanol–water partition coefficient (Wildman–Crippen LogP) is 2.72. The number of nitrogens with zero attached hydrogens (tertiary/aromatic N) is 2. The second-order valence-corrected chi connectivity index (χ2v) is 10.5. The maximum absolute atomic E-state index is 12.6. The lowest BCUT2D eigenvalue weighted by molar-refractivity contribution is -0.143. The standard InChI is InChI=1S/C23H26N2O7S2/c1-4-32-22(27)14-25-17-12-18(30-2)19(31-3)13-20(17)33-23(25)24-21(26)10-11-34(28,29)15-16-8-6-5-7-9-16/h5-9,12-13H,4,10-11,14-15H2,1-3H3. The van der Waals surface area contributed by atoms with Crippen molar-refractivity contribution in [2.45, 2.75) is 25.6 Å². The van der Waals surface area contributed by atoms with Crippen LogP contribution in [0.25, 0.3) is 10.2 Å². The summed E-state index contributed by atoms with van der Waals surface area (Å²) in [6.45, 7) is 1.75. The van der Waals surface area contributed by atoms with E-state index in [9.17, 15) is 18.0 Å². The van der Waals surface area contributed by atoms with Gasteiger partial charge in [-0.3, -0.25) is 9.59 Å². The number of ether oxygens (including phenoxy) is 3. The fraction of sp³-hybridized carbons (Fsp3) is 0.348. The Labute approximate surface area is 201 Å². The zero-order valence-corrected chi connectivity index (χ0v) is 20.8. The minimum absolute atomic E-state index is 0.146. The Balaban J connectivity index is 1.90. The van der Waals surface area contributed by atoms with E-state index in [-0.39, 0.29) is 35.9 Å². The summed E-state index contributed by atoms with van der Waals surface area (Å²) in [7, 11) is -0.487. The highest BCUT2D eigenvalue weighted by Crippen LogP contribution is 2.33. The van der Waals surface area contributed by atoms with Crippen molar-refractivity contribution in [3.8, 4) is 11.5 Å². The molecule has 9 nitrogen and oxygen atoms in total. The van der Waals surface area contributed by atoms with E-state index in [2.05, 4.69) is 4.99 Å². The third-order valence-corrected chi connectivity index (χ3v) is 7.50. The molecule has 11 heteroatoms. The Morgan fingerprint density at radius 2 is 1.74 bits per heavy atom. The molecule has 1 amide bonds. The molecule has 0 spiro atoms. The molecule has 0 aliphatic heterocycles. The van der Waals surface area contributed by atoms with Crippen LogP contribution in [-0.2, 0) is 36.5 Å². The van der Waals surface area contributed by atoms with E-state index in [0.717, 1.165) is 0 Å². The van der Waals surface area contributed by atoms with Gasteiger partial charge in [-0.15, -0.1) is 0 Å². The highest BCUT2D eigenvalue weighted by atomic mass is 32.2. The summed E-state index contributed by atoms with van der Waals surface area (Å²) in [5.41, 5.74) is 1.27.